The number of nitrogen functional groups attached to an aromatic ring is 2. The van der Waals surface area contributed by atoms with Crippen molar-refractivity contribution in [3.8, 4) is 11.3 Å². The number of hydrogen-bond donors (Lipinski definition) is 2. The summed E-state index contributed by atoms with van der Waals surface area (Å²) < 4.78 is 5.21. The van der Waals surface area contributed by atoms with Gasteiger partial charge in [0.1, 0.15) is 12.0 Å². The van der Waals surface area contributed by atoms with Crippen LogP contribution in [0.3, 0.4) is 0 Å². The molecule has 4 heteroatoms. The third-order valence-electron chi connectivity index (χ3n) is 2.10. The van der Waals surface area contributed by atoms with Gasteiger partial charge in [0.2, 0.25) is 0 Å². The Labute approximate surface area is 86.5 Å². The molecule has 0 fully saturated rings. The molecule has 0 saturated carbocycles. The van der Waals surface area contributed by atoms with Gasteiger partial charge in [-0.15, -0.1) is 0 Å². The zero-order chi connectivity index (χ0) is 10.8. The lowest BCUT2D eigenvalue weighted by molar-refractivity contribution is 0.112. The second-order valence-corrected chi connectivity index (χ2v) is 3.21. The van der Waals surface area contributed by atoms with E-state index >= 15 is 0 Å². The van der Waals surface area contributed by atoms with Gasteiger partial charge in [0.15, 0.2) is 6.29 Å². The van der Waals surface area contributed by atoms with E-state index in [0.717, 1.165) is 6.29 Å². The topological polar surface area (TPSA) is 82.2 Å². The van der Waals surface area contributed by atoms with Crippen molar-refractivity contribution in [1.29, 1.82) is 0 Å². The summed E-state index contributed by atoms with van der Waals surface area (Å²) in [6.07, 6.45) is 2.10. The van der Waals surface area contributed by atoms with Crippen LogP contribution in [0.5, 0.6) is 0 Å². The Morgan fingerprint density at radius 3 is 2.67 bits per heavy atom. The van der Waals surface area contributed by atoms with Crippen LogP contribution in [0, 0.1) is 0 Å². The van der Waals surface area contributed by atoms with Gasteiger partial charge in [-0.2, -0.15) is 0 Å². The van der Waals surface area contributed by atoms with Gasteiger partial charge in [0, 0.05) is 16.9 Å². The second kappa shape index (κ2) is 3.49. The summed E-state index contributed by atoms with van der Waals surface area (Å²) in [7, 11) is 0. The molecule has 1 heterocycles. The first-order chi connectivity index (χ1) is 7.20. The van der Waals surface area contributed by atoms with Gasteiger partial charge in [-0.3, -0.25) is 4.79 Å². The van der Waals surface area contributed by atoms with Crippen molar-refractivity contribution in [2.45, 2.75) is 0 Å². The van der Waals surface area contributed by atoms with E-state index < -0.39 is 0 Å². The van der Waals surface area contributed by atoms with E-state index in [4.69, 9.17) is 15.9 Å². The number of hydrogen-bond acceptors (Lipinski definition) is 4. The molecule has 4 nitrogen and oxygen atoms in total. The highest BCUT2D eigenvalue weighted by Gasteiger charge is 2.07. The van der Waals surface area contributed by atoms with Crippen molar-refractivity contribution in [1.82, 2.24) is 0 Å². The van der Waals surface area contributed by atoms with Crippen LogP contribution in [-0.2, 0) is 0 Å². The molecule has 4 N–H and O–H groups in total. The average molecular weight is 202 g/mol. The molecule has 1 aromatic heterocycles. The zero-order valence-electron chi connectivity index (χ0n) is 7.94. The summed E-state index contributed by atoms with van der Waals surface area (Å²) in [6, 6.07) is 6.75. The van der Waals surface area contributed by atoms with Crippen molar-refractivity contribution in [3.05, 3.63) is 36.1 Å². The highest BCUT2D eigenvalue weighted by atomic mass is 16.3. The van der Waals surface area contributed by atoms with E-state index in [0.29, 0.717) is 28.3 Å². The van der Waals surface area contributed by atoms with Crippen LogP contribution in [-0.4, -0.2) is 6.29 Å². The van der Waals surface area contributed by atoms with Crippen molar-refractivity contribution < 1.29 is 9.21 Å². The van der Waals surface area contributed by atoms with Crippen LogP contribution in [0.1, 0.15) is 10.4 Å². The fourth-order valence-corrected chi connectivity index (χ4v) is 1.34. The Morgan fingerprint density at radius 1 is 1.20 bits per heavy atom. The van der Waals surface area contributed by atoms with Crippen molar-refractivity contribution in [2.75, 3.05) is 11.5 Å². The van der Waals surface area contributed by atoms with Gasteiger partial charge < -0.3 is 15.9 Å². The summed E-state index contributed by atoms with van der Waals surface area (Å²) in [5, 5.41) is 0. The molecule has 2 aromatic rings. The van der Waals surface area contributed by atoms with Crippen LogP contribution in [0.4, 0.5) is 11.4 Å². The Balaban J connectivity index is 2.52. The third-order valence-corrected chi connectivity index (χ3v) is 2.10. The zero-order valence-corrected chi connectivity index (χ0v) is 7.94. The van der Waals surface area contributed by atoms with Crippen LogP contribution in [0.25, 0.3) is 11.3 Å². The maximum absolute atomic E-state index is 10.5. The summed E-state index contributed by atoms with van der Waals surface area (Å²) >= 11 is 0. The van der Waals surface area contributed by atoms with E-state index in [9.17, 15) is 4.79 Å². The highest BCUT2D eigenvalue weighted by molar-refractivity contribution is 5.81. The summed E-state index contributed by atoms with van der Waals surface area (Å²) in [5.74, 6) is 0.543. The smallest absolute Gasteiger partial charge is 0.153 e. The summed E-state index contributed by atoms with van der Waals surface area (Å²) in [5.41, 5.74) is 13.7. The van der Waals surface area contributed by atoms with Crippen molar-refractivity contribution in [3.63, 3.8) is 0 Å². The largest absolute Gasteiger partial charge is 0.464 e. The monoisotopic (exact) mass is 202 g/mol. The number of anilines is 2. The quantitative estimate of drug-likeness (QED) is 0.575. The first kappa shape index (κ1) is 9.33. The summed E-state index contributed by atoms with van der Waals surface area (Å²) in [6.45, 7) is 0. The standard InChI is InChI=1S/C11H10N2O2/c12-8-1-2-10(13)9(4-8)11-3-7(5-14)6-15-11/h1-6H,12-13H2. The highest BCUT2D eigenvalue weighted by Crippen LogP contribution is 2.28. The second-order valence-electron chi connectivity index (χ2n) is 3.21. The lowest BCUT2D eigenvalue weighted by Crippen LogP contribution is -1.91. The first-order valence-corrected chi connectivity index (χ1v) is 4.40. The Bertz CT molecular complexity index is 503. The van der Waals surface area contributed by atoms with E-state index in [1.165, 1.54) is 6.26 Å². The van der Waals surface area contributed by atoms with Crippen LogP contribution < -0.4 is 11.5 Å². The Hall–Kier alpha value is -2.23. The molecule has 0 saturated heterocycles. The minimum Gasteiger partial charge on any atom is -0.464 e. The van der Waals surface area contributed by atoms with Gasteiger partial charge in [-0.25, -0.2) is 0 Å². The van der Waals surface area contributed by atoms with E-state index in [1.807, 2.05) is 0 Å². The number of furan rings is 1. The summed E-state index contributed by atoms with van der Waals surface area (Å²) in [4.78, 5) is 10.5. The van der Waals surface area contributed by atoms with Gasteiger partial charge in [-0.05, 0) is 24.3 Å². The molecule has 0 amide bonds. The fourth-order valence-electron chi connectivity index (χ4n) is 1.34. The molecule has 2 rings (SSSR count). The molecule has 15 heavy (non-hydrogen) atoms. The number of rotatable bonds is 2. The maximum atomic E-state index is 10.5. The SMILES string of the molecule is Nc1ccc(N)c(-c2cc(C=O)co2)c1. The predicted molar refractivity (Wildman–Crippen MR) is 58.4 cm³/mol. The number of benzene rings is 1. The molecule has 0 unspecified atom stereocenters. The minimum atomic E-state index is 0.479. The first-order valence-electron chi connectivity index (χ1n) is 4.40. The fraction of sp³-hybridized carbons (Fsp3) is 0. The molecule has 0 aliphatic heterocycles. The van der Waals surface area contributed by atoms with Crippen LogP contribution in [0.15, 0.2) is 34.9 Å². The lowest BCUT2D eigenvalue weighted by Gasteiger charge is -2.02. The van der Waals surface area contributed by atoms with Crippen LogP contribution >= 0.6 is 0 Å². The van der Waals surface area contributed by atoms with Gasteiger partial charge in [0.05, 0.1) is 5.56 Å². The van der Waals surface area contributed by atoms with Crippen LogP contribution in [0.2, 0.25) is 0 Å². The molecule has 1 aromatic carbocycles. The Morgan fingerprint density at radius 2 is 2.00 bits per heavy atom. The molecule has 0 aliphatic carbocycles. The predicted octanol–water partition coefficient (Wildman–Crippen LogP) is 1.92. The molecule has 0 aliphatic rings. The molecule has 76 valence electrons. The molecule has 0 spiro atoms. The Kier molecular flexibility index (Phi) is 2.17. The lowest BCUT2D eigenvalue weighted by atomic mass is 10.1. The molecular formula is C11H10N2O2. The van der Waals surface area contributed by atoms with Gasteiger partial charge in [-0.1, -0.05) is 0 Å². The minimum absolute atomic E-state index is 0.479. The van der Waals surface area contributed by atoms with E-state index in [2.05, 4.69) is 0 Å². The van der Waals surface area contributed by atoms with Gasteiger partial charge in [0.25, 0.3) is 0 Å². The average Bonchev–Trinajstić information content (AvgIpc) is 2.70. The van der Waals surface area contributed by atoms with Gasteiger partial charge >= 0.3 is 0 Å². The molecule has 0 radical (unpaired) electrons. The van der Waals surface area contributed by atoms with Crippen molar-refractivity contribution >= 4 is 17.7 Å². The maximum Gasteiger partial charge on any atom is 0.153 e. The number of carbonyl (C=O) groups is 1. The number of aldehydes is 1. The molecule has 0 atom stereocenters. The third kappa shape index (κ3) is 1.69. The number of carbonyl (C=O) groups excluding carboxylic acids is 1. The normalized spacial score (nSPS) is 10.1. The number of nitrogens with two attached hydrogens (primary N) is 2. The molecule has 0 bridgehead atoms. The van der Waals surface area contributed by atoms with E-state index in [1.54, 1.807) is 24.3 Å². The van der Waals surface area contributed by atoms with Crippen molar-refractivity contribution in [2.24, 2.45) is 0 Å². The van der Waals surface area contributed by atoms with E-state index in [-0.39, 0.29) is 0 Å². The molecular weight excluding hydrogens is 192 g/mol.